The van der Waals surface area contributed by atoms with Crippen LogP contribution < -0.4 is 0 Å². The summed E-state index contributed by atoms with van der Waals surface area (Å²) in [6, 6.07) is 14.9. The van der Waals surface area contributed by atoms with E-state index in [4.69, 9.17) is 58.0 Å². The molecule has 0 radical (unpaired) electrons. The molecule has 5 nitrogen and oxygen atoms in total. The first kappa shape index (κ1) is 22.9. The number of hydrogen-bond donors (Lipinski definition) is 0. The molecule has 32 heavy (non-hydrogen) atoms. The predicted molar refractivity (Wildman–Crippen MR) is 125 cm³/mol. The molecular formula is C22H11Cl5N2O3. The van der Waals surface area contributed by atoms with E-state index in [9.17, 15) is 14.4 Å². The Balaban J connectivity index is 1.84. The number of hydrogen-bond acceptors (Lipinski definition) is 3. The predicted octanol–water partition coefficient (Wildman–Crippen LogP) is 6.81. The number of hydrazine groups is 1. The van der Waals surface area contributed by atoms with Crippen LogP contribution in [0.15, 0.2) is 54.6 Å². The van der Waals surface area contributed by atoms with Crippen molar-refractivity contribution >= 4 is 75.7 Å². The molecule has 0 saturated carbocycles. The summed E-state index contributed by atoms with van der Waals surface area (Å²) in [6.07, 6.45) is 0. The average Bonchev–Trinajstić information content (AvgIpc) is 3.05. The largest absolute Gasteiger partial charge is 0.282 e. The maximum atomic E-state index is 13.4. The van der Waals surface area contributed by atoms with Gasteiger partial charge >= 0.3 is 0 Å². The Bertz CT molecular complexity index is 1220. The molecule has 3 amide bonds. The van der Waals surface area contributed by atoms with Crippen molar-refractivity contribution in [2.45, 2.75) is 6.54 Å². The molecule has 1 heterocycles. The quantitative estimate of drug-likeness (QED) is 0.212. The van der Waals surface area contributed by atoms with E-state index in [-0.39, 0.29) is 43.3 Å². The summed E-state index contributed by atoms with van der Waals surface area (Å²) in [4.78, 5) is 40.0. The summed E-state index contributed by atoms with van der Waals surface area (Å²) < 4.78 is 0. The highest BCUT2D eigenvalue weighted by Crippen LogP contribution is 2.45. The lowest BCUT2D eigenvalue weighted by atomic mass is 10.1. The topological polar surface area (TPSA) is 57.7 Å². The third-order valence-corrected chi connectivity index (χ3v) is 6.88. The molecule has 0 N–H and O–H groups in total. The zero-order valence-corrected chi connectivity index (χ0v) is 19.7. The lowest BCUT2D eigenvalue weighted by molar-refractivity contribution is 0.000880. The number of nitrogens with zero attached hydrogens (tertiary/aromatic N) is 2. The summed E-state index contributed by atoms with van der Waals surface area (Å²) in [6.45, 7) is -0.0789. The molecule has 0 spiro atoms. The normalized spacial score (nSPS) is 12.8. The molecule has 10 heteroatoms. The monoisotopic (exact) mass is 526 g/mol. The van der Waals surface area contributed by atoms with Crippen LogP contribution in [0.5, 0.6) is 0 Å². The van der Waals surface area contributed by atoms with Crippen molar-refractivity contribution in [1.29, 1.82) is 0 Å². The third kappa shape index (κ3) is 3.85. The van der Waals surface area contributed by atoms with Crippen LogP contribution in [0.4, 0.5) is 0 Å². The molecule has 1 aliphatic heterocycles. The molecule has 3 aromatic carbocycles. The second-order valence-corrected chi connectivity index (χ2v) is 8.73. The fraction of sp³-hybridized carbons (Fsp3) is 0.0455. The molecule has 4 rings (SSSR count). The zero-order valence-electron chi connectivity index (χ0n) is 15.9. The highest BCUT2D eigenvalue weighted by Gasteiger charge is 2.46. The molecule has 0 aromatic heterocycles. The Kier molecular flexibility index (Phi) is 6.39. The van der Waals surface area contributed by atoms with Crippen LogP contribution in [-0.2, 0) is 6.54 Å². The summed E-state index contributed by atoms with van der Waals surface area (Å²) >= 11 is 30.6. The standard InChI is InChI=1S/C22H11Cl5N2O3/c23-13-8-6-12(7-9-13)20(30)28(10-11-4-2-1-3-5-11)29-21(31)14-15(22(29)32)17(25)19(27)18(26)16(14)24/h1-9H,10H2. The number of carbonyl (C=O) groups is 3. The van der Waals surface area contributed by atoms with E-state index in [1.54, 1.807) is 30.3 Å². The maximum Gasteiger partial charge on any atom is 0.282 e. The molecule has 0 aliphatic carbocycles. The molecule has 0 unspecified atom stereocenters. The SMILES string of the molecule is O=C(c1ccc(Cl)cc1)N(Cc1ccccc1)N1C(=O)c2c(Cl)c(Cl)c(Cl)c(Cl)c2C1=O. The van der Waals surface area contributed by atoms with Crippen molar-refractivity contribution in [3.63, 3.8) is 0 Å². The van der Waals surface area contributed by atoms with Crippen LogP contribution in [0.1, 0.15) is 36.6 Å². The molecule has 0 fully saturated rings. The molecule has 0 saturated heterocycles. The van der Waals surface area contributed by atoms with Gasteiger partial charge in [-0.25, -0.2) is 5.01 Å². The van der Waals surface area contributed by atoms with Crippen molar-refractivity contribution < 1.29 is 14.4 Å². The fourth-order valence-corrected chi connectivity index (χ4v) is 4.43. The number of rotatable bonds is 4. The minimum absolute atomic E-state index is 0.0789. The number of carbonyl (C=O) groups excluding carboxylic acids is 3. The molecule has 3 aromatic rings. The maximum absolute atomic E-state index is 13.4. The first-order valence-corrected chi connectivity index (χ1v) is 11.0. The van der Waals surface area contributed by atoms with Crippen LogP contribution in [0.2, 0.25) is 25.1 Å². The van der Waals surface area contributed by atoms with E-state index in [1.165, 1.54) is 24.3 Å². The Labute approximate surface area is 207 Å². The Morgan fingerprint density at radius 2 is 1.22 bits per heavy atom. The summed E-state index contributed by atoms with van der Waals surface area (Å²) in [5.41, 5.74) is 0.478. The number of benzene rings is 3. The first-order chi connectivity index (χ1) is 15.2. The minimum atomic E-state index is -0.839. The van der Waals surface area contributed by atoms with Gasteiger partial charge in [0.25, 0.3) is 17.7 Å². The molecule has 162 valence electrons. The molecule has 0 bridgehead atoms. The third-order valence-electron chi connectivity index (χ3n) is 4.82. The second-order valence-electron chi connectivity index (χ2n) is 6.78. The lowest BCUT2D eigenvalue weighted by Crippen LogP contribution is -2.49. The van der Waals surface area contributed by atoms with E-state index in [0.29, 0.717) is 15.6 Å². The van der Waals surface area contributed by atoms with E-state index < -0.39 is 17.7 Å². The Morgan fingerprint density at radius 3 is 1.72 bits per heavy atom. The van der Waals surface area contributed by atoms with E-state index in [1.807, 2.05) is 0 Å². The van der Waals surface area contributed by atoms with Crippen molar-refractivity contribution in [2.75, 3.05) is 0 Å². The smallest absolute Gasteiger partial charge is 0.267 e. The number of halogens is 5. The Hall–Kier alpha value is -2.28. The van der Waals surface area contributed by atoms with Crippen LogP contribution in [0.25, 0.3) is 0 Å². The van der Waals surface area contributed by atoms with Gasteiger partial charge in [-0.1, -0.05) is 88.3 Å². The van der Waals surface area contributed by atoms with Crippen LogP contribution in [-0.4, -0.2) is 27.7 Å². The summed E-state index contributed by atoms with van der Waals surface area (Å²) in [5.74, 6) is -2.29. The number of imide groups is 1. The Morgan fingerprint density at radius 1 is 0.719 bits per heavy atom. The van der Waals surface area contributed by atoms with Crippen LogP contribution in [0.3, 0.4) is 0 Å². The van der Waals surface area contributed by atoms with Gasteiger partial charge in [-0.15, -0.1) is 0 Å². The van der Waals surface area contributed by atoms with Gasteiger partial charge in [0, 0.05) is 10.6 Å². The van der Waals surface area contributed by atoms with Gasteiger partial charge in [-0.3, -0.25) is 14.4 Å². The van der Waals surface area contributed by atoms with Crippen LogP contribution >= 0.6 is 58.0 Å². The van der Waals surface area contributed by atoms with Gasteiger partial charge in [0.05, 0.1) is 37.8 Å². The average molecular weight is 529 g/mol. The van der Waals surface area contributed by atoms with Gasteiger partial charge in [0.1, 0.15) is 0 Å². The van der Waals surface area contributed by atoms with E-state index in [2.05, 4.69) is 0 Å². The molecule has 0 atom stereocenters. The zero-order chi connectivity index (χ0) is 23.2. The van der Waals surface area contributed by atoms with Gasteiger partial charge in [-0.05, 0) is 29.8 Å². The van der Waals surface area contributed by atoms with Gasteiger partial charge in [-0.2, -0.15) is 5.01 Å². The van der Waals surface area contributed by atoms with E-state index in [0.717, 1.165) is 5.01 Å². The van der Waals surface area contributed by atoms with Crippen molar-refractivity contribution in [3.05, 3.63) is 102 Å². The molecular weight excluding hydrogens is 518 g/mol. The lowest BCUT2D eigenvalue weighted by Gasteiger charge is -2.30. The van der Waals surface area contributed by atoms with Crippen LogP contribution in [0, 0.1) is 0 Å². The fourth-order valence-electron chi connectivity index (χ4n) is 3.29. The minimum Gasteiger partial charge on any atom is -0.267 e. The number of amides is 3. The highest BCUT2D eigenvalue weighted by molar-refractivity contribution is 6.55. The van der Waals surface area contributed by atoms with Crippen molar-refractivity contribution in [1.82, 2.24) is 10.0 Å². The summed E-state index contributed by atoms with van der Waals surface area (Å²) in [5, 5.41) is 1.43. The van der Waals surface area contributed by atoms with Gasteiger partial charge in [0.15, 0.2) is 0 Å². The van der Waals surface area contributed by atoms with Crippen molar-refractivity contribution in [2.24, 2.45) is 0 Å². The number of fused-ring (bicyclic) bond motifs is 1. The first-order valence-electron chi connectivity index (χ1n) is 9.08. The van der Waals surface area contributed by atoms with Crippen molar-refractivity contribution in [3.8, 4) is 0 Å². The van der Waals surface area contributed by atoms with Gasteiger partial charge < -0.3 is 0 Å². The highest BCUT2D eigenvalue weighted by atomic mass is 35.5. The van der Waals surface area contributed by atoms with E-state index >= 15 is 0 Å². The second kappa shape index (κ2) is 8.93. The van der Waals surface area contributed by atoms with Gasteiger partial charge in [0.2, 0.25) is 0 Å². The summed E-state index contributed by atoms with van der Waals surface area (Å²) in [7, 11) is 0. The molecule has 1 aliphatic rings.